The number of rotatable bonds is 2. The van der Waals surface area contributed by atoms with Crippen molar-refractivity contribution in [3.05, 3.63) is 65.7 Å². The summed E-state index contributed by atoms with van der Waals surface area (Å²) in [6, 6.07) is 19.9. The summed E-state index contributed by atoms with van der Waals surface area (Å²) >= 11 is 0. The first kappa shape index (κ1) is 12.2. The van der Waals surface area contributed by atoms with Gasteiger partial charge in [-0.25, -0.2) is 0 Å². The average molecular weight is 252 g/mol. The molecule has 0 saturated carbocycles. The molecule has 1 heterocycles. The first-order chi connectivity index (χ1) is 9.33. The quantitative estimate of drug-likeness (QED) is 0.884. The van der Waals surface area contributed by atoms with Gasteiger partial charge in [0.1, 0.15) is 0 Å². The molecule has 0 spiro atoms. The summed E-state index contributed by atoms with van der Waals surface area (Å²) in [4.78, 5) is 2.36. The Hall–Kier alpha value is -1.80. The third-order valence-electron chi connectivity index (χ3n) is 3.80. The van der Waals surface area contributed by atoms with Crippen LogP contribution in [0.25, 0.3) is 0 Å². The highest BCUT2D eigenvalue weighted by molar-refractivity contribution is 5.54. The van der Waals surface area contributed by atoms with Crippen LogP contribution in [0.5, 0.6) is 0 Å². The molecule has 1 atom stereocenters. The lowest BCUT2D eigenvalue weighted by Gasteiger charge is -2.23. The second-order valence-corrected chi connectivity index (χ2v) is 5.28. The Bertz CT molecular complexity index is 536. The summed E-state index contributed by atoms with van der Waals surface area (Å²) in [6.07, 6.45) is 1.08. The summed E-state index contributed by atoms with van der Waals surface area (Å²) in [6.45, 7) is 2.00. The summed E-state index contributed by atoms with van der Waals surface area (Å²) in [5.41, 5.74) is 4.14. The van der Waals surface area contributed by atoms with Crippen LogP contribution in [0.15, 0.2) is 54.6 Å². The second kappa shape index (κ2) is 5.45. The molecule has 0 aliphatic carbocycles. The molecule has 1 unspecified atom stereocenters. The number of para-hydroxylation sites is 1. The van der Waals surface area contributed by atoms with E-state index in [1.165, 1.54) is 16.8 Å². The molecule has 1 aliphatic rings. The van der Waals surface area contributed by atoms with Crippen LogP contribution in [0.4, 0.5) is 5.69 Å². The fourth-order valence-electron chi connectivity index (χ4n) is 2.82. The van der Waals surface area contributed by atoms with E-state index in [9.17, 15) is 0 Å². The Balaban J connectivity index is 1.75. The molecule has 2 aromatic carbocycles. The molecular weight excluding hydrogens is 232 g/mol. The molecule has 2 aromatic rings. The van der Waals surface area contributed by atoms with Crippen molar-refractivity contribution in [2.75, 3.05) is 18.5 Å². The summed E-state index contributed by atoms with van der Waals surface area (Å²) in [5, 5.41) is 3.68. The van der Waals surface area contributed by atoms with Crippen LogP contribution >= 0.6 is 0 Å². The molecule has 98 valence electrons. The van der Waals surface area contributed by atoms with E-state index in [0.717, 1.165) is 19.5 Å². The van der Waals surface area contributed by atoms with Crippen LogP contribution in [0, 0.1) is 0 Å². The van der Waals surface area contributed by atoms with Crippen LogP contribution in [-0.4, -0.2) is 19.6 Å². The maximum Gasteiger partial charge on any atom is 0.0409 e. The van der Waals surface area contributed by atoms with Crippen LogP contribution < -0.4 is 10.2 Å². The molecule has 0 radical (unpaired) electrons. The Labute approximate surface area is 115 Å². The highest BCUT2D eigenvalue weighted by Crippen LogP contribution is 2.22. The van der Waals surface area contributed by atoms with E-state index in [1.807, 2.05) is 0 Å². The monoisotopic (exact) mass is 252 g/mol. The van der Waals surface area contributed by atoms with Crippen LogP contribution in [-0.2, 0) is 13.0 Å². The zero-order chi connectivity index (χ0) is 13.1. The zero-order valence-corrected chi connectivity index (χ0v) is 11.3. The van der Waals surface area contributed by atoms with Gasteiger partial charge in [0.25, 0.3) is 0 Å². The van der Waals surface area contributed by atoms with Gasteiger partial charge in [0.05, 0.1) is 0 Å². The lowest BCUT2D eigenvalue weighted by atomic mass is 10.1. The minimum Gasteiger partial charge on any atom is -0.373 e. The average Bonchev–Trinajstić information content (AvgIpc) is 2.60. The lowest BCUT2D eigenvalue weighted by Crippen LogP contribution is -2.38. The van der Waals surface area contributed by atoms with Gasteiger partial charge in [0.2, 0.25) is 0 Å². The Morgan fingerprint density at radius 2 is 1.79 bits per heavy atom. The number of likely N-dealkylation sites (N-methyl/N-ethyl adjacent to an activating group) is 1. The molecule has 1 aliphatic heterocycles. The van der Waals surface area contributed by atoms with Crippen LogP contribution in [0.3, 0.4) is 0 Å². The van der Waals surface area contributed by atoms with Crippen molar-refractivity contribution in [3.8, 4) is 0 Å². The number of hydrogen-bond donors (Lipinski definition) is 1. The lowest BCUT2D eigenvalue weighted by molar-refractivity contribution is 0.521. The Morgan fingerprint density at radius 1 is 1.05 bits per heavy atom. The fourth-order valence-corrected chi connectivity index (χ4v) is 2.82. The molecule has 2 heteroatoms. The van der Waals surface area contributed by atoms with Crippen molar-refractivity contribution < 1.29 is 0 Å². The van der Waals surface area contributed by atoms with Gasteiger partial charge in [0, 0.05) is 31.9 Å². The van der Waals surface area contributed by atoms with Crippen molar-refractivity contribution in [2.45, 2.75) is 19.0 Å². The van der Waals surface area contributed by atoms with Gasteiger partial charge in [0.15, 0.2) is 0 Å². The highest BCUT2D eigenvalue weighted by Gasteiger charge is 2.18. The number of fused-ring (bicyclic) bond motifs is 1. The molecule has 0 fully saturated rings. The minimum atomic E-state index is 0.500. The first-order valence-corrected chi connectivity index (χ1v) is 6.89. The molecule has 3 rings (SSSR count). The maximum atomic E-state index is 3.68. The van der Waals surface area contributed by atoms with Gasteiger partial charge in [-0.1, -0.05) is 48.5 Å². The third-order valence-corrected chi connectivity index (χ3v) is 3.80. The number of benzene rings is 2. The van der Waals surface area contributed by atoms with Crippen molar-refractivity contribution in [1.82, 2.24) is 5.32 Å². The van der Waals surface area contributed by atoms with Gasteiger partial charge in [-0.15, -0.1) is 0 Å². The molecule has 0 amide bonds. The van der Waals surface area contributed by atoms with Crippen molar-refractivity contribution >= 4 is 5.69 Å². The molecular formula is C17H20N2. The number of anilines is 1. The van der Waals surface area contributed by atoms with Crippen molar-refractivity contribution in [2.24, 2.45) is 0 Å². The highest BCUT2D eigenvalue weighted by atomic mass is 15.1. The van der Waals surface area contributed by atoms with Gasteiger partial charge in [-0.05, 0) is 23.6 Å². The van der Waals surface area contributed by atoms with Gasteiger partial charge >= 0.3 is 0 Å². The predicted molar refractivity (Wildman–Crippen MR) is 80.5 cm³/mol. The predicted octanol–water partition coefficient (Wildman–Crippen LogP) is 2.84. The second-order valence-electron chi connectivity index (χ2n) is 5.28. The third kappa shape index (κ3) is 2.79. The smallest absolute Gasteiger partial charge is 0.0409 e. The van der Waals surface area contributed by atoms with E-state index >= 15 is 0 Å². The van der Waals surface area contributed by atoms with Gasteiger partial charge in [-0.3, -0.25) is 0 Å². The van der Waals surface area contributed by atoms with E-state index in [0.29, 0.717) is 6.04 Å². The number of nitrogens with zero attached hydrogens (tertiary/aromatic N) is 1. The molecule has 1 N–H and O–H groups in total. The van der Waals surface area contributed by atoms with E-state index in [4.69, 9.17) is 0 Å². The van der Waals surface area contributed by atoms with E-state index in [2.05, 4.69) is 71.9 Å². The first-order valence-electron chi connectivity index (χ1n) is 6.89. The summed E-state index contributed by atoms with van der Waals surface area (Å²) in [7, 11) is 2.18. The van der Waals surface area contributed by atoms with Crippen LogP contribution in [0.1, 0.15) is 11.1 Å². The standard InChI is InChI=1S/C17H20N2/c1-19-13-16(11-14-7-3-2-4-8-14)18-12-15-9-5-6-10-17(15)19/h2-10,16,18H,11-13H2,1H3. The molecule has 19 heavy (non-hydrogen) atoms. The Morgan fingerprint density at radius 3 is 2.63 bits per heavy atom. The van der Waals surface area contributed by atoms with E-state index in [-0.39, 0.29) is 0 Å². The minimum absolute atomic E-state index is 0.500. The molecule has 0 bridgehead atoms. The number of hydrogen-bond acceptors (Lipinski definition) is 2. The molecule has 0 saturated heterocycles. The summed E-state index contributed by atoms with van der Waals surface area (Å²) in [5.74, 6) is 0. The van der Waals surface area contributed by atoms with Crippen LogP contribution in [0.2, 0.25) is 0 Å². The van der Waals surface area contributed by atoms with E-state index in [1.54, 1.807) is 0 Å². The zero-order valence-electron chi connectivity index (χ0n) is 11.3. The Kier molecular flexibility index (Phi) is 3.51. The fraction of sp³-hybridized carbons (Fsp3) is 0.294. The van der Waals surface area contributed by atoms with E-state index < -0.39 is 0 Å². The molecule has 2 nitrogen and oxygen atoms in total. The SMILES string of the molecule is CN1CC(Cc2ccccc2)NCc2ccccc21. The largest absolute Gasteiger partial charge is 0.373 e. The van der Waals surface area contributed by atoms with Crippen molar-refractivity contribution in [1.29, 1.82) is 0 Å². The molecule has 0 aromatic heterocycles. The van der Waals surface area contributed by atoms with Gasteiger partial charge < -0.3 is 10.2 Å². The maximum absolute atomic E-state index is 3.68. The topological polar surface area (TPSA) is 15.3 Å². The van der Waals surface area contributed by atoms with Crippen molar-refractivity contribution in [3.63, 3.8) is 0 Å². The van der Waals surface area contributed by atoms with Gasteiger partial charge in [-0.2, -0.15) is 0 Å². The number of nitrogens with one attached hydrogen (secondary N) is 1. The normalized spacial score (nSPS) is 18.8. The summed E-state index contributed by atoms with van der Waals surface area (Å²) < 4.78 is 0.